The average molecular weight is 212 g/mol. The Balaban J connectivity index is 2.40. The first kappa shape index (κ1) is 12.5. The molecule has 1 N–H and O–H groups in total. The van der Waals surface area contributed by atoms with Gasteiger partial charge in [-0.15, -0.1) is 0 Å². The second-order valence-electron chi connectivity index (χ2n) is 4.32. The van der Waals surface area contributed by atoms with Gasteiger partial charge in [0.25, 0.3) is 0 Å². The quantitative estimate of drug-likeness (QED) is 0.751. The summed E-state index contributed by atoms with van der Waals surface area (Å²) in [6, 6.07) is 0. The molecule has 15 heavy (non-hydrogen) atoms. The maximum Gasteiger partial charge on any atom is 0.225 e. The van der Waals surface area contributed by atoms with E-state index in [9.17, 15) is 4.79 Å². The molecule has 0 spiro atoms. The molecular weight excluding hydrogens is 188 g/mol. The summed E-state index contributed by atoms with van der Waals surface area (Å²) in [5.41, 5.74) is 0. The van der Waals surface area contributed by atoms with E-state index in [4.69, 9.17) is 0 Å². The van der Waals surface area contributed by atoms with Crippen LogP contribution in [0.25, 0.3) is 0 Å². The van der Waals surface area contributed by atoms with Gasteiger partial charge >= 0.3 is 0 Å². The molecule has 0 unspecified atom stereocenters. The predicted molar refractivity (Wildman–Crippen MR) is 62.8 cm³/mol. The molecule has 3 heteroatoms. The first-order valence-electron chi connectivity index (χ1n) is 6.29. The van der Waals surface area contributed by atoms with Crippen molar-refractivity contribution in [3.05, 3.63) is 0 Å². The Morgan fingerprint density at radius 1 is 1.33 bits per heavy atom. The number of rotatable bonds is 5. The minimum absolute atomic E-state index is 0.267. The summed E-state index contributed by atoms with van der Waals surface area (Å²) in [6.07, 6.45) is 4.42. The Morgan fingerprint density at radius 2 is 2.00 bits per heavy atom. The van der Waals surface area contributed by atoms with Gasteiger partial charge in [-0.3, -0.25) is 4.79 Å². The van der Waals surface area contributed by atoms with Crippen LogP contribution in [0.1, 0.15) is 39.5 Å². The number of piperazine rings is 1. The molecule has 0 aliphatic carbocycles. The highest BCUT2D eigenvalue weighted by molar-refractivity contribution is 5.78. The molecule has 1 heterocycles. The van der Waals surface area contributed by atoms with Gasteiger partial charge in [0.2, 0.25) is 5.91 Å². The summed E-state index contributed by atoms with van der Waals surface area (Å²) in [5, 5.41) is 3.28. The summed E-state index contributed by atoms with van der Waals surface area (Å²) in [6.45, 7) is 8.00. The Kier molecular flexibility index (Phi) is 5.69. The molecule has 1 fully saturated rings. The van der Waals surface area contributed by atoms with Gasteiger partial charge in [-0.2, -0.15) is 0 Å². The minimum atomic E-state index is 0.267. The number of hydrogen-bond acceptors (Lipinski definition) is 2. The number of hydrogen-bond donors (Lipinski definition) is 1. The highest BCUT2D eigenvalue weighted by Crippen LogP contribution is 2.16. The smallest absolute Gasteiger partial charge is 0.225 e. The fourth-order valence-electron chi connectivity index (χ4n) is 2.10. The van der Waals surface area contributed by atoms with Gasteiger partial charge in [-0.1, -0.05) is 26.7 Å². The molecule has 0 aromatic heterocycles. The largest absolute Gasteiger partial charge is 0.340 e. The number of unbranched alkanes of at least 4 members (excludes halogenated alkanes) is 1. The Labute approximate surface area is 93.2 Å². The van der Waals surface area contributed by atoms with Crippen LogP contribution < -0.4 is 5.32 Å². The van der Waals surface area contributed by atoms with E-state index < -0.39 is 0 Å². The maximum absolute atomic E-state index is 12.1. The van der Waals surface area contributed by atoms with E-state index in [0.717, 1.165) is 39.0 Å². The van der Waals surface area contributed by atoms with Crippen LogP contribution in [0.3, 0.4) is 0 Å². The molecule has 3 nitrogen and oxygen atoms in total. The van der Waals surface area contributed by atoms with Crippen molar-refractivity contribution in [1.29, 1.82) is 0 Å². The van der Waals surface area contributed by atoms with Crippen LogP contribution in [0.4, 0.5) is 0 Å². The number of carbonyl (C=O) groups excluding carboxylic acids is 1. The third-order valence-corrected chi connectivity index (χ3v) is 3.18. The molecular formula is C12H24N2O. The summed E-state index contributed by atoms with van der Waals surface area (Å²) >= 11 is 0. The molecule has 1 saturated heterocycles. The first-order valence-corrected chi connectivity index (χ1v) is 6.29. The molecule has 1 atom stereocenters. The lowest BCUT2D eigenvalue weighted by molar-refractivity contribution is -0.136. The van der Waals surface area contributed by atoms with E-state index in [1.807, 2.05) is 4.90 Å². The zero-order chi connectivity index (χ0) is 11.1. The molecule has 0 aromatic carbocycles. The van der Waals surface area contributed by atoms with Crippen LogP contribution in [0.5, 0.6) is 0 Å². The SMILES string of the molecule is CCCC[C@H](CC)C(=O)N1CCNCC1. The normalized spacial score (nSPS) is 18.9. The van der Waals surface area contributed by atoms with E-state index in [2.05, 4.69) is 19.2 Å². The van der Waals surface area contributed by atoms with Crippen molar-refractivity contribution in [3.63, 3.8) is 0 Å². The van der Waals surface area contributed by atoms with Crippen molar-refractivity contribution >= 4 is 5.91 Å². The van der Waals surface area contributed by atoms with Crippen LogP contribution in [0, 0.1) is 5.92 Å². The minimum Gasteiger partial charge on any atom is -0.340 e. The van der Waals surface area contributed by atoms with E-state index in [1.165, 1.54) is 12.8 Å². The second-order valence-corrected chi connectivity index (χ2v) is 4.32. The zero-order valence-corrected chi connectivity index (χ0v) is 10.1. The maximum atomic E-state index is 12.1. The summed E-state index contributed by atoms with van der Waals surface area (Å²) < 4.78 is 0. The average Bonchev–Trinajstić information content (AvgIpc) is 2.31. The van der Waals surface area contributed by atoms with Gasteiger partial charge in [0.15, 0.2) is 0 Å². The van der Waals surface area contributed by atoms with Crippen LogP contribution in [-0.2, 0) is 4.79 Å². The molecule has 0 aromatic rings. The Bertz CT molecular complexity index is 188. The molecule has 0 bridgehead atoms. The van der Waals surface area contributed by atoms with Crippen molar-refractivity contribution in [2.45, 2.75) is 39.5 Å². The molecule has 0 saturated carbocycles. The highest BCUT2D eigenvalue weighted by atomic mass is 16.2. The lowest BCUT2D eigenvalue weighted by Crippen LogP contribution is -2.48. The van der Waals surface area contributed by atoms with Gasteiger partial charge in [-0.25, -0.2) is 0 Å². The van der Waals surface area contributed by atoms with E-state index in [0.29, 0.717) is 5.91 Å². The summed E-state index contributed by atoms with van der Waals surface area (Å²) in [7, 11) is 0. The lowest BCUT2D eigenvalue weighted by atomic mass is 9.97. The van der Waals surface area contributed by atoms with Gasteiger partial charge < -0.3 is 10.2 Å². The molecule has 1 rings (SSSR count). The molecule has 1 aliphatic rings. The number of carbonyl (C=O) groups is 1. The zero-order valence-electron chi connectivity index (χ0n) is 10.1. The fourth-order valence-corrected chi connectivity index (χ4v) is 2.10. The predicted octanol–water partition coefficient (Wildman–Crippen LogP) is 1.63. The molecule has 1 aliphatic heterocycles. The van der Waals surface area contributed by atoms with Crippen LogP contribution in [0.2, 0.25) is 0 Å². The van der Waals surface area contributed by atoms with Crippen molar-refractivity contribution in [1.82, 2.24) is 10.2 Å². The fraction of sp³-hybridized carbons (Fsp3) is 0.917. The summed E-state index contributed by atoms with van der Waals surface area (Å²) in [5.74, 6) is 0.649. The number of nitrogens with one attached hydrogen (secondary N) is 1. The van der Waals surface area contributed by atoms with E-state index in [1.54, 1.807) is 0 Å². The van der Waals surface area contributed by atoms with Gasteiger partial charge in [0.05, 0.1) is 0 Å². The summed E-state index contributed by atoms with van der Waals surface area (Å²) in [4.78, 5) is 14.2. The molecule has 1 amide bonds. The van der Waals surface area contributed by atoms with Gasteiger partial charge in [0, 0.05) is 32.1 Å². The second kappa shape index (κ2) is 6.83. The lowest BCUT2D eigenvalue weighted by Gasteiger charge is -2.30. The van der Waals surface area contributed by atoms with Crippen molar-refractivity contribution < 1.29 is 4.79 Å². The van der Waals surface area contributed by atoms with Gasteiger partial charge in [-0.05, 0) is 12.8 Å². The Morgan fingerprint density at radius 3 is 2.53 bits per heavy atom. The van der Waals surface area contributed by atoms with Gasteiger partial charge in [0.1, 0.15) is 0 Å². The van der Waals surface area contributed by atoms with Crippen LogP contribution in [0.15, 0.2) is 0 Å². The Hall–Kier alpha value is -0.570. The first-order chi connectivity index (χ1) is 7.29. The van der Waals surface area contributed by atoms with E-state index >= 15 is 0 Å². The molecule has 0 radical (unpaired) electrons. The van der Waals surface area contributed by atoms with Crippen LogP contribution >= 0.6 is 0 Å². The third kappa shape index (κ3) is 3.82. The van der Waals surface area contributed by atoms with Crippen LogP contribution in [-0.4, -0.2) is 37.0 Å². The topological polar surface area (TPSA) is 32.3 Å². The monoisotopic (exact) mass is 212 g/mol. The van der Waals surface area contributed by atoms with Crippen molar-refractivity contribution in [3.8, 4) is 0 Å². The van der Waals surface area contributed by atoms with Crippen molar-refractivity contribution in [2.75, 3.05) is 26.2 Å². The standard InChI is InChI=1S/C12H24N2O/c1-3-5-6-11(4-2)12(15)14-9-7-13-8-10-14/h11,13H,3-10H2,1-2H3/t11-/m0/s1. The number of nitrogens with zero attached hydrogens (tertiary/aromatic N) is 1. The number of amides is 1. The third-order valence-electron chi connectivity index (χ3n) is 3.18. The molecule has 88 valence electrons. The van der Waals surface area contributed by atoms with Crippen molar-refractivity contribution in [2.24, 2.45) is 5.92 Å². The van der Waals surface area contributed by atoms with E-state index in [-0.39, 0.29) is 5.92 Å². The highest BCUT2D eigenvalue weighted by Gasteiger charge is 2.23.